The van der Waals surface area contributed by atoms with Crippen LogP contribution in [0, 0.1) is 17.3 Å². The maximum Gasteiger partial charge on any atom is 0.226 e. The second-order valence-corrected chi connectivity index (χ2v) is 6.57. The van der Waals surface area contributed by atoms with Crippen molar-refractivity contribution in [2.75, 3.05) is 13.1 Å². The van der Waals surface area contributed by atoms with E-state index in [0.717, 1.165) is 38.3 Å². The third kappa shape index (κ3) is 2.96. The van der Waals surface area contributed by atoms with E-state index in [1.54, 1.807) is 0 Å². The van der Waals surface area contributed by atoms with Crippen LogP contribution in [0.1, 0.15) is 59.3 Å². The van der Waals surface area contributed by atoms with Gasteiger partial charge in [-0.1, -0.05) is 27.2 Å². The summed E-state index contributed by atoms with van der Waals surface area (Å²) in [4.78, 5) is 12.7. The molecule has 0 spiro atoms. The molecule has 2 rings (SSSR count). The predicted molar refractivity (Wildman–Crippen MR) is 78.9 cm³/mol. The molecular weight excluding hydrogens is 236 g/mol. The fourth-order valence-corrected chi connectivity index (χ4v) is 4.00. The number of hydrogen-bond donors (Lipinski definition) is 2. The monoisotopic (exact) mass is 266 g/mol. The van der Waals surface area contributed by atoms with Gasteiger partial charge in [0.05, 0.1) is 5.41 Å². The minimum atomic E-state index is -0.102. The zero-order valence-corrected chi connectivity index (χ0v) is 12.8. The average Bonchev–Trinajstić information content (AvgIpc) is 2.80. The highest BCUT2D eigenvalue weighted by Gasteiger charge is 2.40. The van der Waals surface area contributed by atoms with Crippen molar-refractivity contribution in [2.24, 2.45) is 17.3 Å². The van der Waals surface area contributed by atoms with Gasteiger partial charge in [0.15, 0.2) is 0 Å². The van der Waals surface area contributed by atoms with Crippen molar-refractivity contribution >= 4 is 5.91 Å². The summed E-state index contributed by atoms with van der Waals surface area (Å²) in [5, 5.41) is 6.75. The molecule has 2 fully saturated rings. The summed E-state index contributed by atoms with van der Waals surface area (Å²) in [6.07, 6.45) is 6.66. The highest BCUT2D eigenvalue weighted by molar-refractivity contribution is 5.83. The predicted octanol–water partition coefficient (Wildman–Crippen LogP) is 2.71. The number of rotatable bonds is 4. The smallest absolute Gasteiger partial charge is 0.226 e. The van der Waals surface area contributed by atoms with Gasteiger partial charge in [-0.2, -0.15) is 0 Å². The Morgan fingerprint density at radius 2 is 1.95 bits per heavy atom. The average molecular weight is 266 g/mol. The molecule has 0 radical (unpaired) electrons. The van der Waals surface area contributed by atoms with Gasteiger partial charge in [0.25, 0.3) is 0 Å². The number of amides is 1. The minimum Gasteiger partial charge on any atom is -0.353 e. The molecule has 2 aliphatic rings. The summed E-state index contributed by atoms with van der Waals surface area (Å²) >= 11 is 0. The molecule has 0 aromatic heterocycles. The van der Waals surface area contributed by atoms with Crippen LogP contribution in [0.25, 0.3) is 0 Å². The molecule has 2 N–H and O–H groups in total. The van der Waals surface area contributed by atoms with E-state index < -0.39 is 0 Å². The van der Waals surface area contributed by atoms with Crippen LogP contribution < -0.4 is 10.6 Å². The van der Waals surface area contributed by atoms with Crippen molar-refractivity contribution < 1.29 is 4.79 Å². The molecule has 19 heavy (non-hydrogen) atoms. The van der Waals surface area contributed by atoms with E-state index in [1.807, 2.05) is 0 Å². The Morgan fingerprint density at radius 1 is 1.26 bits per heavy atom. The van der Waals surface area contributed by atoms with Crippen molar-refractivity contribution in [3.05, 3.63) is 0 Å². The molecule has 3 heteroatoms. The highest BCUT2D eigenvalue weighted by atomic mass is 16.2. The third-order valence-electron chi connectivity index (χ3n) is 5.79. The Labute approximate surface area is 117 Å². The SMILES string of the molecule is CCC1CCC(NC(=O)C2(CC)CCNCC2)C1C. The standard InChI is InChI=1S/C16H30N2O/c1-4-13-6-7-14(12(13)3)18-15(19)16(5-2)8-10-17-11-9-16/h12-14,17H,4-11H2,1-3H3,(H,18,19). The molecule has 3 atom stereocenters. The maximum atomic E-state index is 12.7. The van der Waals surface area contributed by atoms with E-state index in [1.165, 1.54) is 19.3 Å². The Bertz CT molecular complexity index is 310. The molecule has 0 aromatic carbocycles. The van der Waals surface area contributed by atoms with Crippen molar-refractivity contribution in [2.45, 2.75) is 65.3 Å². The van der Waals surface area contributed by atoms with Gasteiger partial charge >= 0.3 is 0 Å². The van der Waals surface area contributed by atoms with E-state index in [0.29, 0.717) is 17.9 Å². The first-order valence-corrected chi connectivity index (χ1v) is 8.14. The largest absolute Gasteiger partial charge is 0.353 e. The van der Waals surface area contributed by atoms with Crippen LogP contribution >= 0.6 is 0 Å². The normalized spacial score (nSPS) is 34.2. The van der Waals surface area contributed by atoms with E-state index in [2.05, 4.69) is 31.4 Å². The van der Waals surface area contributed by atoms with Crippen LogP contribution in [-0.2, 0) is 4.79 Å². The molecular formula is C16H30N2O. The Hall–Kier alpha value is -0.570. The minimum absolute atomic E-state index is 0.102. The summed E-state index contributed by atoms with van der Waals surface area (Å²) in [5.74, 6) is 1.77. The lowest BCUT2D eigenvalue weighted by molar-refractivity contribution is -0.133. The number of carbonyl (C=O) groups is 1. The summed E-state index contributed by atoms with van der Waals surface area (Å²) < 4.78 is 0. The molecule has 1 saturated carbocycles. The van der Waals surface area contributed by atoms with Gasteiger partial charge in [0.2, 0.25) is 5.91 Å². The van der Waals surface area contributed by atoms with E-state index in [9.17, 15) is 4.79 Å². The van der Waals surface area contributed by atoms with Crippen molar-refractivity contribution in [3.8, 4) is 0 Å². The van der Waals surface area contributed by atoms with Crippen molar-refractivity contribution in [1.29, 1.82) is 0 Å². The molecule has 1 amide bonds. The van der Waals surface area contributed by atoms with Gasteiger partial charge < -0.3 is 10.6 Å². The lowest BCUT2D eigenvalue weighted by atomic mass is 9.75. The molecule has 3 unspecified atom stereocenters. The molecule has 1 heterocycles. The summed E-state index contributed by atoms with van der Waals surface area (Å²) in [7, 11) is 0. The number of hydrogen-bond acceptors (Lipinski definition) is 2. The van der Waals surface area contributed by atoms with Crippen LogP contribution in [0.5, 0.6) is 0 Å². The molecule has 1 aliphatic heterocycles. The summed E-state index contributed by atoms with van der Waals surface area (Å²) in [6.45, 7) is 8.72. The van der Waals surface area contributed by atoms with Crippen molar-refractivity contribution in [1.82, 2.24) is 10.6 Å². The van der Waals surface area contributed by atoms with Gasteiger partial charge in [-0.25, -0.2) is 0 Å². The molecule has 1 saturated heterocycles. The molecule has 0 aromatic rings. The van der Waals surface area contributed by atoms with E-state index >= 15 is 0 Å². The molecule has 3 nitrogen and oxygen atoms in total. The molecule has 1 aliphatic carbocycles. The zero-order chi connectivity index (χ0) is 13.9. The lowest BCUT2D eigenvalue weighted by Gasteiger charge is -2.37. The Morgan fingerprint density at radius 3 is 2.47 bits per heavy atom. The lowest BCUT2D eigenvalue weighted by Crippen LogP contribution is -2.50. The van der Waals surface area contributed by atoms with Crippen LogP contribution in [0.3, 0.4) is 0 Å². The zero-order valence-electron chi connectivity index (χ0n) is 12.8. The van der Waals surface area contributed by atoms with E-state index in [4.69, 9.17) is 0 Å². The van der Waals surface area contributed by atoms with E-state index in [-0.39, 0.29) is 5.41 Å². The third-order valence-corrected chi connectivity index (χ3v) is 5.79. The molecule has 0 bridgehead atoms. The number of carbonyl (C=O) groups excluding carboxylic acids is 1. The van der Waals surface area contributed by atoms with Gasteiger partial charge in [0.1, 0.15) is 0 Å². The first kappa shape index (κ1) is 14.8. The quantitative estimate of drug-likeness (QED) is 0.821. The van der Waals surface area contributed by atoms with Gasteiger partial charge in [-0.15, -0.1) is 0 Å². The number of nitrogens with one attached hydrogen (secondary N) is 2. The van der Waals surface area contributed by atoms with Crippen LogP contribution in [-0.4, -0.2) is 25.0 Å². The maximum absolute atomic E-state index is 12.7. The summed E-state index contributed by atoms with van der Waals surface area (Å²) in [5.41, 5.74) is -0.102. The Kier molecular flexibility index (Phi) is 4.88. The Balaban J connectivity index is 1.96. The van der Waals surface area contributed by atoms with Crippen LogP contribution in [0.4, 0.5) is 0 Å². The fourth-order valence-electron chi connectivity index (χ4n) is 4.00. The second-order valence-electron chi connectivity index (χ2n) is 6.57. The van der Waals surface area contributed by atoms with Crippen LogP contribution in [0.15, 0.2) is 0 Å². The first-order chi connectivity index (χ1) is 9.13. The fraction of sp³-hybridized carbons (Fsp3) is 0.938. The van der Waals surface area contributed by atoms with Gasteiger partial charge in [-0.3, -0.25) is 4.79 Å². The molecule has 110 valence electrons. The van der Waals surface area contributed by atoms with Crippen LogP contribution in [0.2, 0.25) is 0 Å². The highest BCUT2D eigenvalue weighted by Crippen LogP contribution is 2.37. The second kappa shape index (κ2) is 6.25. The topological polar surface area (TPSA) is 41.1 Å². The van der Waals surface area contributed by atoms with Gasteiger partial charge in [0, 0.05) is 6.04 Å². The summed E-state index contributed by atoms with van der Waals surface area (Å²) in [6, 6.07) is 0.413. The first-order valence-electron chi connectivity index (χ1n) is 8.14. The van der Waals surface area contributed by atoms with Crippen molar-refractivity contribution in [3.63, 3.8) is 0 Å². The number of piperidine rings is 1. The van der Waals surface area contributed by atoms with Gasteiger partial charge in [-0.05, 0) is 57.0 Å².